The molecule has 0 saturated carbocycles. The van der Waals surface area contributed by atoms with Gasteiger partial charge < -0.3 is 10.1 Å². The number of nitrogens with one attached hydrogen (secondary N) is 1. The van der Waals surface area contributed by atoms with Crippen molar-refractivity contribution in [2.24, 2.45) is 0 Å². The summed E-state index contributed by atoms with van der Waals surface area (Å²) >= 11 is 0. The summed E-state index contributed by atoms with van der Waals surface area (Å²) in [5.74, 6) is -1.38. The summed E-state index contributed by atoms with van der Waals surface area (Å²) in [6, 6.07) is 12.3. The quantitative estimate of drug-likeness (QED) is 0.781. The lowest BCUT2D eigenvalue weighted by Crippen LogP contribution is -2.05. The molecule has 0 radical (unpaired) electrons. The number of carboxylic acids is 1. The number of carboxylic acid groups (broad SMARTS) is 1. The highest BCUT2D eigenvalue weighted by atomic mass is 19.1. The fourth-order valence-electron chi connectivity index (χ4n) is 2.41. The molecule has 4 nitrogen and oxygen atoms in total. The highest BCUT2D eigenvalue weighted by molar-refractivity contribution is 5.83. The van der Waals surface area contributed by atoms with Crippen molar-refractivity contribution in [1.29, 1.82) is 0 Å². The molecule has 0 saturated heterocycles. The Bertz CT molecular complexity index is 931. The van der Waals surface area contributed by atoms with E-state index >= 15 is 0 Å². The van der Waals surface area contributed by atoms with Crippen LogP contribution in [0.2, 0.25) is 0 Å². The van der Waals surface area contributed by atoms with Crippen LogP contribution in [0.3, 0.4) is 0 Å². The topological polar surface area (TPSA) is 70.2 Å². The number of hydrogen-bond donors (Lipinski definition) is 2. The number of H-pyrrole nitrogens is 1. The van der Waals surface area contributed by atoms with Crippen LogP contribution >= 0.6 is 0 Å². The first-order valence-corrected chi connectivity index (χ1v) is 6.67. The smallest absolute Gasteiger partial charge is 0.307 e. The monoisotopic (exact) mass is 297 g/mol. The van der Waals surface area contributed by atoms with Crippen LogP contribution in [0.25, 0.3) is 22.2 Å². The third-order valence-corrected chi connectivity index (χ3v) is 3.41. The lowest BCUT2D eigenvalue weighted by atomic mass is 10.1. The van der Waals surface area contributed by atoms with E-state index in [-0.39, 0.29) is 11.8 Å². The van der Waals surface area contributed by atoms with Gasteiger partial charge in [0.05, 0.1) is 17.6 Å². The number of aliphatic carboxylic acids is 1. The van der Waals surface area contributed by atoms with Crippen molar-refractivity contribution in [2.45, 2.75) is 6.42 Å². The van der Waals surface area contributed by atoms with Gasteiger partial charge in [0.2, 0.25) is 0 Å². The number of aromatic nitrogens is 1. The average molecular weight is 297 g/mol. The van der Waals surface area contributed by atoms with Crippen molar-refractivity contribution in [2.75, 3.05) is 0 Å². The number of rotatable bonds is 3. The standard InChI is InChI=1S/C17H12FNO3/c18-13-4-2-1-3-11(13)15-9-16(20)12-6-5-10(8-17(21)22)7-14(12)19-15/h1-7,9H,8H2,(H,19,20)(H,21,22). The molecule has 3 aromatic rings. The summed E-state index contributed by atoms with van der Waals surface area (Å²) in [6.45, 7) is 0. The van der Waals surface area contributed by atoms with Crippen molar-refractivity contribution < 1.29 is 14.3 Å². The molecular formula is C17H12FNO3. The van der Waals surface area contributed by atoms with Crippen LogP contribution < -0.4 is 5.43 Å². The van der Waals surface area contributed by atoms with Gasteiger partial charge in [0.15, 0.2) is 5.43 Å². The van der Waals surface area contributed by atoms with Gasteiger partial charge in [0, 0.05) is 17.0 Å². The summed E-state index contributed by atoms with van der Waals surface area (Å²) in [4.78, 5) is 25.9. The maximum Gasteiger partial charge on any atom is 0.307 e. The molecule has 0 unspecified atom stereocenters. The molecular weight excluding hydrogens is 285 g/mol. The molecule has 0 aliphatic carbocycles. The van der Waals surface area contributed by atoms with E-state index in [0.717, 1.165) is 0 Å². The SMILES string of the molecule is O=C(O)Cc1ccc2c(=O)cc(-c3ccccc3F)[nH]c2c1. The highest BCUT2D eigenvalue weighted by Gasteiger charge is 2.09. The van der Waals surface area contributed by atoms with Gasteiger partial charge in [-0.2, -0.15) is 0 Å². The minimum atomic E-state index is -0.952. The van der Waals surface area contributed by atoms with Crippen LogP contribution in [0.1, 0.15) is 5.56 Å². The van der Waals surface area contributed by atoms with Crippen molar-refractivity contribution in [1.82, 2.24) is 4.98 Å². The molecule has 0 fully saturated rings. The van der Waals surface area contributed by atoms with Crippen molar-refractivity contribution in [3.63, 3.8) is 0 Å². The summed E-state index contributed by atoms with van der Waals surface area (Å²) in [5, 5.41) is 9.28. The van der Waals surface area contributed by atoms with Gasteiger partial charge in [0.25, 0.3) is 0 Å². The van der Waals surface area contributed by atoms with E-state index in [9.17, 15) is 14.0 Å². The maximum absolute atomic E-state index is 13.9. The number of benzene rings is 2. The number of aromatic amines is 1. The molecule has 110 valence electrons. The first-order chi connectivity index (χ1) is 10.5. The number of hydrogen-bond acceptors (Lipinski definition) is 2. The zero-order valence-electron chi connectivity index (χ0n) is 11.5. The fraction of sp³-hybridized carbons (Fsp3) is 0.0588. The Morgan fingerprint density at radius 1 is 1.14 bits per heavy atom. The fourth-order valence-corrected chi connectivity index (χ4v) is 2.41. The molecule has 1 aromatic heterocycles. The Hall–Kier alpha value is -2.95. The first kappa shape index (κ1) is 14.0. The molecule has 0 aliphatic rings. The molecule has 0 spiro atoms. The Labute approximate surface area is 124 Å². The molecule has 2 N–H and O–H groups in total. The number of fused-ring (bicyclic) bond motifs is 1. The Balaban J connectivity index is 2.20. The van der Waals surface area contributed by atoms with Crippen LogP contribution in [-0.4, -0.2) is 16.1 Å². The summed E-state index contributed by atoms with van der Waals surface area (Å²) in [7, 11) is 0. The molecule has 3 rings (SSSR count). The van der Waals surface area contributed by atoms with Gasteiger partial charge in [-0.25, -0.2) is 4.39 Å². The van der Waals surface area contributed by atoms with Gasteiger partial charge in [-0.05, 0) is 29.8 Å². The molecule has 5 heteroatoms. The normalized spacial score (nSPS) is 10.8. The molecule has 0 amide bonds. The highest BCUT2D eigenvalue weighted by Crippen LogP contribution is 2.22. The van der Waals surface area contributed by atoms with E-state index in [0.29, 0.717) is 27.7 Å². The predicted octanol–water partition coefficient (Wildman–Crippen LogP) is 2.96. The molecule has 22 heavy (non-hydrogen) atoms. The van der Waals surface area contributed by atoms with E-state index < -0.39 is 11.8 Å². The van der Waals surface area contributed by atoms with Crippen molar-refractivity contribution in [3.05, 3.63) is 70.1 Å². The van der Waals surface area contributed by atoms with E-state index in [4.69, 9.17) is 5.11 Å². The third-order valence-electron chi connectivity index (χ3n) is 3.41. The molecule has 0 bridgehead atoms. The minimum Gasteiger partial charge on any atom is -0.481 e. The largest absolute Gasteiger partial charge is 0.481 e. The van der Waals surface area contributed by atoms with Crippen LogP contribution in [0.5, 0.6) is 0 Å². The van der Waals surface area contributed by atoms with Crippen LogP contribution in [0, 0.1) is 5.82 Å². The van der Waals surface area contributed by atoms with Crippen LogP contribution in [0.4, 0.5) is 4.39 Å². The molecule has 0 aliphatic heterocycles. The predicted molar refractivity (Wildman–Crippen MR) is 81.3 cm³/mol. The summed E-state index contributed by atoms with van der Waals surface area (Å²) in [5.41, 5.74) is 1.48. The molecule has 0 atom stereocenters. The number of pyridine rings is 1. The average Bonchev–Trinajstić information content (AvgIpc) is 2.46. The number of carbonyl (C=O) groups is 1. The van der Waals surface area contributed by atoms with Gasteiger partial charge in [-0.1, -0.05) is 18.2 Å². The second-order valence-electron chi connectivity index (χ2n) is 4.98. The lowest BCUT2D eigenvalue weighted by Gasteiger charge is -2.07. The van der Waals surface area contributed by atoms with Gasteiger partial charge in [0.1, 0.15) is 5.82 Å². The second-order valence-corrected chi connectivity index (χ2v) is 4.98. The zero-order valence-corrected chi connectivity index (χ0v) is 11.5. The van der Waals surface area contributed by atoms with Crippen molar-refractivity contribution >= 4 is 16.9 Å². The minimum absolute atomic E-state index is 0.137. The van der Waals surface area contributed by atoms with Gasteiger partial charge in [-0.3, -0.25) is 9.59 Å². The third kappa shape index (κ3) is 2.61. The maximum atomic E-state index is 13.9. The second kappa shape index (κ2) is 5.44. The van der Waals surface area contributed by atoms with Crippen molar-refractivity contribution in [3.8, 4) is 11.3 Å². The van der Waals surface area contributed by atoms with Gasteiger partial charge in [-0.15, -0.1) is 0 Å². The summed E-state index contributed by atoms with van der Waals surface area (Å²) < 4.78 is 13.9. The van der Waals surface area contributed by atoms with E-state index in [1.165, 1.54) is 12.1 Å². The first-order valence-electron chi connectivity index (χ1n) is 6.67. The lowest BCUT2D eigenvalue weighted by molar-refractivity contribution is -0.136. The van der Waals surface area contributed by atoms with Crippen LogP contribution in [-0.2, 0) is 11.2 Å². The van der Waals surface area contributed by atoms with Gasteiger partial charge >= 0.3 is 5.97 Å². The Kier molecular flexibility index (Phi) is 3.47. The van der Waals surface area contributed by atoms with E-state index in [1.807, 2.05) is 0 Å². The molecule has 2 aromatic carbocycles. The zero-order chi connectivity index (χ0) is 15.7. The van der Waals surface area contributed by atoms with E-state index in [1.54, 1.807) is 36.4 Å². The Morgan fingerprint density at radius 2 is 1.91 bits per heavy atom. The van der Waals surface area contributed by atoms with Crippen LogP contribution in [0.15, 0.2) is 53.3 Å². The summed E-state index contributed by atoms with van der Waals surface area (Å²) in [6.07, 6.45) is -0.137. The molecule has 1 heterocycles. The van der Waals surface area contributed by atoms with E-state index in [2.05, 4.69) is 4.98 Å². The Morgan fingerprint density at radius 3 is 2.64 bits per heavy atom. The number of halogens is 1.